The minimum atomic E-state index is -3.43. The summed E-state index contributed by atoms with van der Waals surface area (Å²) in [6, 6.07) is 12.8. The van der Waals surface area contributed by atoms with Crippen molar-refractivity contribution in [3.63, 3.8) is 0 Å². The Morgan fingerprint density at radius 2 is 1.77 bits per heavy atom. The highest BCUT2D eigenvalue weighted by Gasteiger charge is 2.28. The third-order valence-electron chi connectivity index (χ3n) is 6.04. The maximum atomic E-state index is 12.9. The molecule has 0 atom stereocenters. The van der Waals surface area contributed by atoms with Crippen molar-refractivity contribution in [1.82, 2.24) is 14.1 Å². The SMILES string of the molecule is O=c1c2ccccc2cnn1CN1CCCc2cc(S(=O)(=O)N3CCCC3)ccc21. The Balaban J connectivity index is 1.46. The van der Waals surface area contributed by atoms with Gasteiger partial charge in [-0.2, -0.15) is 9.40 Å². The van der Waals surface area contributed by atoms with Crippen LogP contribution in [0.1, 0.15) is 24.8 Å². The van der Waals surface area contributed by atoms with Gasteiger partial charge in [0, 0.05) is 30.7 Å². The summed E-state index contributed by atoms with van der Waals surface area (Å²) in [4.78, 5) is 15.3. The van der Waals surface area contributed by atoms with Gasteiger partial charge in [-0.15, -0.1) is 0 Å². The molecule has 0 spiro atoms. The first-order valence-electron chi connectivity index (χ1n) is 10.4. The zero-order valence-corrected chi connectivity index (χ0v) is 17.5. The molecular weight excluding hydrogens is 400 g/mol. The number of sulfonamides is 1. The topological polar surface area (TPSA) is 75.5 Å². The van der Waals surface area contributed by atoms with E-state index in [2.05, 4.69) is 10.00 Å². The Morgan fingerprint density at radius 1 is 0.967 bits per heavy atom. The molecule has 8 heteroatoms. The first kappa shape index (κ1) is 19.3. The van der Waals surface area contributed by atoms with E-state index < -0.39 is 10.0 Å². The summed E-state index contributed by atoms with van der Waals surface area (Å²) >= 11 is 0. The summed E-state index contributed by atoms with van der Waals surface area (Å²) in [5.74, 6) is 0. The maximum Gasteiger partial charge on any atom is 0.276 e. The van der Waals surface area contributed by atoms with Gasteiger partial charge in [0.05, 0.1) is 16.5 Å². The first-order chi connectivity index (χ1) is 14.5. The highest BCUT2D eigenvalue weighted by Crippen LogP contribution is 2.31. The number of fused-ring (bicyclic) bond motifs is 2. The number of aryl methyl sites for hydroxylation is 1. The Bertz CT molecular complexity index is 1260. The molecule has 3 aromatic rings. The third kappa shape index (κ3) is 3.30. The molecule has 1 fully saturated rings. The minimum absolute atomic E-state index is 0.117. The van der Waals surface area contributed by atoms with Crippen molar-refractivity contribution in [2.45, 2.75) is 37.2 Å². The molecule has 2 aromatic carbocycles. The molecule has 5 rings (SSSR count). The van der Waals surface area contributed by atoms with Gasteiger partial charge >= 0.3 is 0 Å². The first-order valence-corrected chi connectivity index (χ1v) is 11.8. The molecule has 0 N–H and O–H groups in total. The molecule has 0 saturated carbocycles. The van der Waals surface area contributed by atoms with Gasteiger partial charge in [0.2, 0.25) is 10.0 Å². The summed E-state index contributed by atoms with van der Waals surface area (Å²) < 4.78 is 28.9. The molecule has 156 valence electrons. The number of benzene rings is 2. The third-order valence-corrected chi connectivity index (χ3v) is 7.93. The van der Waals surface area contributed by atoms with Crippen LogP contribution in [0.15, 0.2) is 58.4 Å². The summed E-state index contributed by atoms with van der Waals surface area (Å²) in [7, 11) is -3.43. The molecule has 30 heavy (non-hydrogen) atoms. The maximum absolute atomic E-state index is 12.9. The Kier molecular flexibility index (Phi) is 4.83. The van der Waals surface area contributed by atoms with Crippen LogP contribution < -0.4 is 10.5 Å². The lowest BCUT2D eigenvalue weighted by Gasteiger charge is -2.31. The number of rotatable bonds is 4. The van der Waals surface area contributed by atoms with E-state index in [9.17, 15) is 13.2 Å². The van der Waals surface area contributed by atoms with Gasteiger partial charge < -0.3 is 4.90 Å². The summed E-state index contributed by atoms with van der Waals surface area (Å²) in [5.41, 5.74) is 1.87. The van der Waals surface area contributed by atoms with Crippen LogP contribution in [-0.4, -0.2) is 42.1 Å². The number of hydrogen-bond acceptors (Lipinski definition) is 5. The van der Waals surface area contributed by atoms with E-state index in [0.717, 1.165) is 48.9 Å². The molecule has 0 radical (unpaired) electrons. The average Bonchev–Trinajstić information content (AvgIpc) is 3.32. The van der Waals surface area contributed by atoms with Crippen molar-refractivity contribution in [2.75, 3.05) is 24.5 Å². The van der Waals surface area contributed by atoms with Crippen LogP contribution in [0.2, 0.25) is 0 Å². The highest BCUT2D eigenvalue weighted by atomic mass is 32.2. The van der Waals surface area contributed by atoms with E-state index in [4.69, 9.17) is 0 Å². The molecular formula is C22H24N4O3S. The number of aromatic nitrogens is 2. The van der Waals surface area contributed by atoms with E-state index in [1.54, 1.807) is 16.6 Å². The lowest BCUT2D eigenvalue weighted by molar-refractivity contribution is 0.477. The van der Waals surface area contributed by atoms with E-state index in [1.165, 1.54) is 4.68 Å². The van der Waals surface area contributed by atoms with Crippen LogP contribution in [-0.2, 0) is 23.1 Å². The molecule has 0 bridgehead atoms. The molecule has 1 saturated heterocycles. The zero-order chi connectivity index (χ0) is 20.7. The minimum Gasteiger partial charge on any atom is -0.352 e. The molecule has 2 aliphatic heterocycles. The van der Waals surface area contributed by atoms with Crippen LogP contribution in [0.5, 0.6) is 0 Å². The highest BCUT2D eigenvalue weighted by molar-refractivity contribution is 7.89. The fourth-order valence-corrected chi connectivity index (χ4v) is 5.99. The second-order valence-corrected chi connectivity index (χ2v) is 9.88. The van der Waals surface area contributed by atoms with Gasteiger partial charge in [-0.3, -0.25) is 4.79 Å². The van der Waals surface area contributed by atoms with Gasteiger partial charge in [0.1, 0.15) is 6.67 Å². The fourth-order valence-electron chi connectivity index (χ4n) is 4.43. The van der Waals surface area contributed by atoms with Crippen LogP contribution in [0.3, 0.4) is 0 Å². The lowest BCUT2D eigenvalue weighted by Crippen LogP contribution is -2.37. The lowest BCUT2D eigenvalue weighted by atomic mass is 10.0. The largest absolute Gasteiger partial charge is 0.352 e. The van der Waals surface area contributed by atoms with Crippen LogP contribution >= 0.6 is 0 Å². The fraction of sp³-hybridized carbons (Fsp3) is 0.364. The van der Waals surface area contributed by atoms with Crippen molar-refractivity contribution in [2.24, 2.45) is 0 Å². The predicted octanol–water partition coefficient (Wildman–Crippen LogP) is 2.59. The smallest absolute Gasteiger partial charge is 0.276 e. The van der Waals surface area contributed by atoms with Crippen LogP contribution in [0.25, 0.3) is 10.8 Å². The standard InChI is InChI=1S/C22H24N4O3S/c27-22-20-8-2-1-6-18(20)15-23-26(22)16-24-11-5-7-17-14-19(9-10-21(17)24)30(28,29)25-12-3-4-13-25/h1-2,6,8-10,14-15H,3-5,7,11-13,16H2. The molecule has 0 unspecified atom stereocenters. The van der Waals surface area contributed by atoms with E-state index >= 15 is 0 Å². The Labute approximate surface area is 175 Å². The number of nitrogens with zero attached hydrogens (tertiary/aromatic N) is 4. The van der Waals surface area contributed by atoms with Crippen molar-refractivity contribution >= 4 is 26.5 Å². The molecule has 2 aliphatic rings. The van der Waals surface area contributed by atoms with Crippen LogP contribution in [0, 0.1) is 0 Å². The van der Waals surface area contributed by atoms with Crippen LogP contribution in [0.4, 0.5) is 5.69 Å². The Morgan fingerprint density at radius 3 is 2.60 bits per heavy atom. The predicted molar refractivity (Wildman–Crippen MR) is 116 cm³/mol. The summed E-state index contributed by atoms with van der Waals surface area (Å²) in [6.45, 7) is 2.34. The van der Waals surface area contributed by atoms with E-state index in [-0.39, 0.29) is 5.56 Å². The van der Waals surface area contributed by atoms with Crippen molar-refractivity contribution < 1.29 is 8.42 Å². The molecule has 3 heterocycles. The second-order valence-electron chi connectivity index (χ2n) is 7.95. The second kappa shape index (κ2) is 7.52. The van der Waals surface area contributed by atoms with E-state index in [1.807, 2.05) is 36.4 Å². The van der Waals surface area contributed by atoms with Crippen molar-refractivity contribution in [1.29, 1.82) is 0 Å². The van der Waals surface area contributed by atoms with Gasteiger partial charge in [-0.1, -0.05) is 18.2 Å². The van der Waals surface area contributed by atoms with Gasteiger partial charge in [0.15, 0.2) is 0 Å². The van der Waals surface area contributed by atoms with Gasteiger partial charge in [0.25, 0.3) is 5.56 Å². The molecule has 0 aliphatic carbocycles. The van der Waals surface area contributed by atoms with Crippen molar-refractivity contribution in [3.05, 3.63) is 64.6 Å². The van der Waals surface area contributed by atoms with Crippen molar-refractivity contribution in [3.8, 4) is 0 Å². The quantitative estimate of drug-likeness (QED) is 0.644. The normalized spacial score (nSPS) is 17.4. The van der Waals surface area contributed by atoms with E-state index in [0.29, 0.717) is 30.0 Å². The molecule has 0 amide bonds. The number of anilines is 1. The monoisotopic (exact) mass is 424 g/mol. The number of hydrogen-bond donors (Lipinski definition) is 0. The average molecular weight is 425 g/mol. The molecule has 1 aromatic heterocycles. The summed E-state index contributed by atoms with van der Waals surface area (Å²) in [5, 5.41) is 5.82. The summed E-state index contributed by atoms with van der Waals surface area (Å²) in [6.07, 6.45) is 5.29. The van der Waals surface area contributed by atoms with Gasteiger partial charge in [-0.05, 0) is 55.5 Å². The Hall–Kier alpha value is -2.71. The molecule has 7 nitrogen and oxygen atoms in total. The van der Waals surface area contributed by atoms with Gasteiger partial charge in [-0.25, -0.2) is 13.1 Å². The zero-order valence-electron chi connectivity index (χ0n) is 16.7.